The van der Waals surface area contributed by atoms with Crippen molar-refractivity contribution >= 4 is 51.0 Å². The Bertz CT molecular complexity index is 945. The molecule has 3 rings (SSSR count). The fourth-order valence-electron chi connectivity index (χ4n) is 2.60. The molecule has 0 saturated carbocycles. The molecule has 1 saturated heterocycles. The van der Waals surface area contributed by atoms with Gasteiger partial charge >= 0.3 is 5.97 Å². The molecule has 1 heterocycles. The van der Waals surface area contributed by atoms with E-state index in [1.165, 1.54) is 36.4 Å². The van der Waals surface area contributed by atoms with Gasteiger partial charge in [-0.05, 0) is 42.5 Å². The minimum absolute atomic E-state index is 0.0338. The Labute approximate surface area is 167 Å². The first kappa shape index (κ1) is 19.7. The van der Waals surface area contributed by atoms with E-state index in [-0.39, 0.29) is 35.9 Å². The third-order valence-electron chi connectivity index (χ3n) is 3.95. The Morgan fingerprint density at radius 2 is 1.71 bits per heavy atom. The van der Waals surface area contributed by atoms with E-state index in [0.29, 0.717) is 10.2 Å². The third-order valence-corrected chi connectivity index (χ3v) is 4.45. The van der Waals surface area contributed by atoms with Crippen molar-refractivity contribution in [1.82, 2.24) is 0 Å². The molecule has 3 amide bonds. The van der Waals surface area contributed by atoms with Crippen molar-refractivity contribution in [2.24, 2.45) is 0 Å². The highest BCUT2D eigenvalue weighted by molar-refractivity contribution is 9.10. The van der Waals surface area contributed by atoms with Crippen molar-refractivity contribution in [2.75, 3.05) is 16.8 Å². The number of hydrogen-bond acceptors (Lipinski definition) is 5. The molecule has 0 radical (unpaired) electrons. The molecule has 0 atom stereocenters. The normalized spacial score (nSPS) is 13.6. The molecular weight excluding hydrogens is 435 g/mol. The van der Waals surface area contributed by atoms with Gasteiger partial charge in [0.05, 0.1) is 16.9 Å². The fourth-order valence-corrected chi connectivity index (χ4v) is 2.94. The molecule has 28 heavy (non-hydrogen) atoms. The maximum Gasteiger partial charge on any atom is 0.338 e. The van der Waals surface area contributed by atoms with Gasteiger partial charge in [0, 0.05) is 17.3 Å². The molecule has 1 fully saturated rings. The Hall–Kier alpha value is -3.07. The number of nitrogens with zero attached hydrogens (tertiary/aromatic N) is 1. The zero-order valence-corrected chi connectivity index (χ0v) is 16.0. The Morgan fingerprint density at radius 3 is 2.32 bits per heavy atom. The van der Waals surface area contributed by atoms with E-state index in [2.05, 4.69) is 21.2 Å². The van der Waals surface area contributed by atoms with Gasteiger partial charge in [-0.1, -0.05) is 15.9 Å². The van der Waals surface area contributed by atoms with Gasteiger partial charge in [0.1, 0.15) is 5.82 Å². The summed E-state index contributed by atoms with van der Waals surface area (Å²) in [5.41, 5.74) is 0.478. The first-order valence-electron chi connectivity index (χ1n) is 8.23. The quantitative estimate of drug-likeness (QED) is 0.560. The summed E-state index contributed by atoms with van der Waals surface area (Å²) in [5, 5.41) is 2.31. The van der Waals surface area contributed by atoms with Crippen LogP contribution in [0.5, 0.6) is 0 Å². The number of esters is 1. The van der Waals surface area contributed by atoms with Gasteiger partial charge in [-0.2, -0.15) is 0 Å². The molecule has 9 heteroatoms. The number of amides is 3. The van der Waals surface area contributed by atoms with E-state index in [0.717, 1.165) is 4.90 Å². The summed E-state index contributed by atoms with van der Waals surface area (Å²) in [4.78, 5) is 48.4. The second-order valence-corrected chi connectivity index (χ2v) is 6.83. The van der Waals surface area contributed by atoms with Crippen LogP contribution >= 0.6 is 15.9 Å². The molecule has 0 spiro atoms. The minimum Gasteiger partial charge on any atom is -0.452 e. The topological polar surface area (TPSA) is 92.8 Å². The highest BCUT2D eigenvalue weighted by Crippen LogP contribution is 2.23. The van der Waals surface area contributed by atoms with Crippen LogP contribution in [0.3, 0.4) is 0 Å². The number of ether oxygens (including phenoxy) is 1. The van der Waals surface area contributed by atoms with E-state index >= 15 is 0 Å². The van der Waals surface area contributed by atoms with E-state index in [1.807, 2.05) is 0 Å². The number of nitrogens with one attached hydrogen (secondary N) is 1. The van der Waals surface area contributed by atoms with Crippen molar-refractivity contribution < 1.29 is 28.3 Å². The standard InChI is InChI=1S/C19H14BrFN2O5/c20-12-3-6-15(14(21)9-12)22-16(24)10-28-19(27)11-1-4-13(5-2-11)23-17(25)7-8-18(23)26/h1-6,9H,7-8,10H2,(H,22,24). The molecule has 1 aliphatic rings. The Balaban J connectivity index is 1.56. The van der Waals surface area contributed by atoms with Crippen LogP contribution < -0.4 is 10.2 Å². The number of hydrogen-bond donors (Lipinski definition) is 1. The van der Waals surface area contributed by atoms with Crippen molar-refractivity contribution in [2.45, 2.75) is 12.8 Å². The molecule has 2 aromatic rings. The lowest BCUT2D eigenvalue weighted by Crippen LogP contribution is -2.28. The van der Waals surface area contributed by atoms with Crippen LogP contribution in [-0.4, -0.2) is 30.3 Å². The maximum absolute atomic E-state index is 13.7. The summed E-state index contributed by atoms with van der Waals surface area (Å²) in [7, 11) is 0. The number of anilines is 2. The lowest BCUT2D eigenvalue weighted by Gasteiger charge is -2.14. The van der Waals surface area contributed by atoms with E-state index in [9.17, 15) is 23.6 Å². The van der Waals surface area contributed by atoms with Crippen molar-refractivity contribution in [3.8, 4) is 0 Å². The van der Waals surface area contributed by atoms with Gasteiger partial charge < -0.3 is 10.1 Å². The average Bonchev–Trinajstić information content (AvgIpc) is 3.00. The van der Waals surface area contributed by atoms with Crippen LogP contribution in [0.4, 0.5) is 15.8 Å². The van der Waals surface area contributed by atoms with Crippen molar-refractivity contribution in [1.29, 1.82) is 0 Å². The van der Waals surface area contributed by atoms with Crippen molar-refractivity contribution in [3.05, 3.63) is 58.3 Å². The number of carbonyl (C=O) groups excluding carboxylic acids is 4. The number of rotatable bonds is 5. The molecular formula is C19H14BrFN2O5. The zero-order valence-electron chi connectivity index (χ0n) is 14.4. The lowest BCUT2D eigenvalue weighted by atomic mass is 10.2. The number of halogens is 2. The van der Waals surface area contributed by atoms with Crippen LogP contribution in [-0.2, 0) is 19.1 Å². The fraction of sp³-hybridized carbons (Fsp3) is 0.158. The van der Waals surface area contributed by atoms with Crippen molar-refractivity contribution in [3.63, 3.8) is 0 Å². The van der Waals surface area contributed by atoms with Crippen LogP contribution in [0, 0.1) is 5.82 Å². The molecule has 2 aromatic carbocycles. The summed E-state index contributed by atoms with van der Waals surface area (Å²) in [6.07, 6.45) is 0.327. The highest BCUT2D eigenvalue weighted by atomic mass is 79.9. The summed E-state index contributed by atoms with van der Waals surface area (Å²) >= 11 is 3.11. The summed E-state index contributed by atoms with van der Waals surface area (Å²) in [6.45, 7) is -0.598. The third kappa shape index (κ3) is 4.42. The molecule has 7 nitrogen and oxygen atoms in total. The van der Waals surface area contributed by atoms with Gasteiger partial charge in [0.2, 0.25) is 11.8 Å². The van der Waals surface area contributed by atoms with Gasteiger partial charge in [0.25, 0.3) is 5.91 Å². The average molecular weight is 449 g/mol. The highest BCUT2D eigenvalue weighted by Gasteiger charge is 2.30. The monoisotopic (exact) mass is 448 g/mol. The van der Waals surface area contributed by atoms with Crippen LogP contribution in [0.2, 0.25) is 0 Å². The summed E-state index contributed by atoms with van der Waals surface area (Å²) < 4.78 is 19.1. The zero-order chi connectivity index (χ0) is 20.3. The second-order valence-electron chi connectivity index (χ2n) is 5.92. The predicted molar refractivity (Wildman–Crippen MR) is 101 cm³/mol. The lowest BCUT2D eigenvalue weighted by molar-refractivity contribution is -0.121. The molecule has 0 unspecified atom stereocenters. The largest absolute Gasteiger partial charge is 0.452 e. The molecule has 0 aliphatic carbocycles. The van der Waals surface area contributed by atoms with Crippen LogP contribution in [0.1, 0.15) is 23.2 Å². The van der Waals surface area contributed by atoms with Crippen LogP contribution in [0.15, 0.2) is 46.9 Å². The molecule has 144 valence electrons. The second kappa shape index (κ2) is 8.30. The Kier molecular flexibility index (Phi) is 5.84. The van der Waals surface area contributed by atoms with Crippen LogP contribution in [0.25, 0.3) is 0 Å². The number of imide groups is 1. The smallest absolute Gasteiger partial charge is 0.338 e. The first-order valence-corrected chi connectivity index (χ1v) is 9.02. The SMILES string of the molecule is O=C(COC(=O)c1ccc(N2C(=O)CCC2=O)cc1)Nc1ccc(Br)cc1F. The summed E-state index contributed by atoms with van der Waals surface area (Å²) in [6, 6.07) is 9.82. The van der Waals surface area contributed by atoms with Gasteiger partial charge in [0.15, 0.2) is 6.61 Å². The van der Waals surface area contributed by atoms with E-state index < -0.39 is 24.3 Å². The molecule has 0 bridgehead atoms. The molecule has 0 aromatic heterocycles. The van der Waals surface area contributed by atoms with Gasteiger partial charge in [-0.3, -0.25) is 19.3 Å². The Morgan fingerprint density at radius 1 is 1.07 bits per heavy atom. The van der Waals surface area contributed by atoms with E-state index in [1.54, 1.807) is 6.07 Å². The summed E-state index contributed by atoms with van der Waals surface area (Å²) in [5.74, 6) is -2.68. The minimum atomic E-state index is -0.767. The molecule has 1 aliphatic heterocycles. The number of benzene rings is 2. The molecule has 1 N–H and O–H groups in total. The van der Waals surface area contributed by atoms with Gasteiger partial charge in [-0.25, -0.2) is 9.18 Å². The van der Waals surface area contributed by atoms with E-state index in [4.69, 9.17) is 4.74 Å². The number of carbonyl (C=O) groups is 4. The van der Waals surface area contributed by atoms with Gasteiger partial charge in [-0.15, -0.1) is 0 Å². The first-order chi connectivity index (χ1) is 13.3. The predicted octanol–water partition coefficient (Wildman–Crippen LogP) is 3.04. The maximum atomic E-state index is 13.7.